The van der Waals surface area contributed by atoms with Gasteiger partial charge in [0.25, 0.3) is 5.88 Å². The highest BCUT2D eigenvalue weighted by Crippen LogP contribution is 1.97. The largest absolute Gasteiger partial charge is 0.358 e. The van der Waals surface area contributed by atoms with Crippen molar-refractivity contribution in [3.8, 4) is 5.88 Å². The van der Waals surface area contributed by atoms with Crippen LogP contribution in [0.15, 0.2) is 18.3 Å². The molecule has 0 spiro atoms. The van der Waals surface area contributed by atoms with Crippen molar-refractivity contribution in [2.45, 2.75) is 0 Å². The molecule has 0 saturated carbocycles. The molecule has 0 atom stereocenters. The predicted molar refractivity (Wildman–Crippen MR) is 31.9 cm³/mol. The lowest BCUT2D eigenvalue weighted by Crippen LogP contribution is -2.16. The number of nitrogens with zero attached hydrogens (tertiary/aromatic N) is 2. The molecule has 0 radical (unpaired) electrons. The third kappa shape index (κ3) is 1.70. The first kappa shape index (κ1) is 6.47. The quantitative estimate of drug-likeness (QED) is 0.453. The van der Waals surface area contributed by atoms with Crippen molar-refractivity contribution in [1.29, 1.82) is 0 Å². The van der Waals surface area contributed by atoms with Crippen molar-refractivity contribution in [3.63, 3.8) is 0 Å². The molecule has 0 aliphatic rings. The predicted octanol–water partition coefficient (Wildman–Crippen LogP) is -0.484. The van der Waals surface area contributed by atoms with Gasteiger partial charge in [0.2, 0.25) is 6.41 Å². The van der Waals surface area contributed by atoms with Crippen molar-refractivity contribution in [2.75, 3.05) is 0 Å². The summed E-state index contributed by atoms with van der Waals surface area (Å²) in [5, 5.41) is 7.03. The fourth-order valence-electron chi connectivity index (χ4n) is 0.426. The Hall–Kier alpha value is -1.65. The summed E-state index contributed by atoms with van der Waals surface area (Å²) in [4.78, 5) is 14.3. The van der Waals surface area contributed by atoms with Crippen LogP contribution >= 0.6 is 0 Å². The van der Waals surface area contributed by atoms with Crippen LogP contribution in [0.3, 0.4) is 0 Å². The van der Waals surface area contributed by atoms with E-state index in [9.17, 15) is 4.79 Å². The van der Waals surface area contributed by atoms with Gasteiger partial charge in [0.05, 0.1) is 0 Å². The summed E-state index contributed by atoms with van der Waals surface area (Å²) in [6.45, 7) is 0. The average molecular weight is 139 g/mol. The minimum Gasteiger partial charge on any atom is -0.358 e. The summed E-state index contributed by atoms with van der Waals surface area (Å²) in [5.74, 6) is 0.259. The maximum atomic E-state index is 9.69. The first-order valence-electron chi connectivity index (χ1n) is 2.57. The molecule has 0 aromatic carbocycles. The van der Waals surface area contributed by atoms with Gasteiger partial charge in [0, 0.05) is 12.3 Å². The zero-order valence-electron chi connectivity index (χ0n) is 5.02. The summed E-state index contributed by atoms with van der Waals surface area (Å²) < 4.78 is 0. The van der Waals surface area contributed by atoms with Crippen LogP contribution in [0.4, 0.5) is 0 Å². The molecule has 1 N–H and O–H groups in total. The van der Waals surface area contributed by atoms with E-state index >= 15 is 0 Å². The van der Waals surface area contributed by atoms with Crippen LogP contribution in [0.25, 0.3) is 0 Å². The van der Waals surface area contributed by atoms with Gasteiger partial charge in [-0.3, -0.25) is 4.79 Å². The lowest BCUT2D eigenvalue weighted by Gasteiger charge is -1.96. The van der Waals surface area contributed by atoms with E-state index in [0.717, 1.165) is 0 Å². The zero-order valence-corrected chi connectivity index (χ0v) is 5.02. The third-order valence-electron chi connectivity index (χ3n) is 0.759. The van der Waals surface area contributed by atoms with E-state index in [4.69, 9.17) is 0 Å². The Bertz CT molecular complexity index is 201. The van der Waals surface area contributed by atoms with Crippen LogP contribution in [-0.4, -0.2) is 16.6 Å². The smallest absolute Gasteiger partial charge is 0.264 e. The molecule has 0 aliphatic heterocycles. The Balaban J connectivity index is 2.50. The maximum Gasteiger partial charge on any atom is 0.264 e. The van der Waals surface area contributed by atoms with Crippen molar-refractivity contribution in [1.82, 2.24) is 15.7 Å². The molecule has 0 aliphatic carbocycles. The number of amides is 1. The molecular formula is C5H5N3O2. The number of hydroxylamine groups is 1. The summed E-state index contributed by atoms with van der Waals surface area (Å²) in [7, 11) is 0. The highest BCUT2D eigenvalue weighted by atomic mass is 16.7. The highest BCUT2D eigenvalue weighted by molar-refractivity contribution is 5.44. The number of nitrogens with one attached hydrogen (secondary N) is 1. The molecule has 1 aromatic rings. The van der Waals surface area contributed by atoms with Gasteiger partial charge in [-0.25, -0.2) is 0 Å². The fraction of sp³-hybridized carbons (Fsp3) is 0. The number of aromatic nitrogens is 2. The van der Waals surface area contributed by atoms with Crippen LogP contribution < -0.4 is 10.3 Å². The monoisotopic (exact) mass is 139 g/mol. The van der Waals surface area contributed by atoms with E-state index in [1.54, 1.807) is 12.1 Å². The molecule has 1 rings (SSSR count). The van der Waals surface area contributed by atoms with E-state index in [1.807, 2.05) is 5.48 Å². The summed E-state index contributed by atoms with van der Waals surface area (Å²) >= 11 is 0. The fourth-order valence-corrected chi connectivity index (χ4v) is 0.426. The van der Waals surface area contributed by atoms with Gasteiger partial charge < -0.3 is 4.84 Å². The molecular weight excluding hydrogens is 134 g/mol. The van der Waals surface area contributed by atoms with Gasteiger partial charge in [-0.1, -0.05) is 0 Å². The third-order valence-corrected chi connectivity index (χ3v) is 0.759. The Morgan fingerprint density at radius 1 is 1.70 bits per heavy atom. The summed E-state index contributed by atoms with van der Waals surface area (Å²) in [6.07, 6.45) is 1.92. The van der Waals surface area contributed by atoms with Crippen molar-refractivity contribution >= 4 is 6.41 Å². The SMILES string of the molecule is O=CNOc1cccnn1. The second-order valence-corrected chi connectivity index (χ2v) is 1.40. The Labute approximate surface area is 57.0 Å². The standard InChI is InChI=1S/C5H5N3O2/c9-4-7-10-5-2-1-3-6-8-5/h1-4H,(H,7,9). The molecule has 10 heavy (non-hydrogen) atoms. The molecule has 0 bridgehead atoms. The van der Waals surface area contributed by atoms with Crippen LogP contribution in [0.1, 0.15) is 0 Å². The molecule has 5 heteroatoms. The molecule has 1 amide bonds. The molecule has 0 fully saturated rings. The Kier molecular flexibility index (Phi) is 2.19. The number of hydrogen-bond acceptors (Lipinski definition) is 4. The molecule has 5 nitrogen and oxygen atoms in total. The zero-order chi connectivity index (χ0) is 7.23. The Morgan fingerprint density at radius 3 is 3.20 bits per heavy atom. The topological polar surface area (TPSA) is 64.1 Å². The van der Waals surface area contributed by atoms with Crippen molar-refractivity contribution in [2.24, 2.45) is 0 Å². The van der Waals surface area contributed by atoms with Gasteiger partial charge in [0.1, 0.15) is 0 Å². The number of carbonyl (C=O) groups excluding carboxylic acids is 1. The second-order valence-electron chi connectivity index (χ2n) is 1.40. The number of rotatable bonds is 3. The van der Waals surface area contributed by atoms with Crippen LogP contribution in [0.2, 0.25) is 0 Å². The highest BCUT2D eigenvalue weighted by Gasteiger charge is 1.89. The van der Waals surface area contributed by atoms with E-state index in [1.165, 1.54) is 6.20 Å². The van der Waals surface area contributed by atoms with Gasteiger partial charge in [0.15, 0.2) is 0 Å². The molecule has 1 aromatic heterocycles. The van der Waals surface area contributed by atoms with Gasteiger partial charge in [-0.15, -0.1) is 5.10 Å². The molecule has 0 saturated heterocycles. The maximum absolute atomic E-state index is 9.69. The van der Waals surface area contributed by atoms with E-state index < -0.39 is 0 Å². The van der Waals surface area contributed by atoms with Crippen LogP contribution in [-0.2, 0) is 4.79 Å². The molecule has 52 valence electrons. The lowest BCUT2D eigenvalue weighted by atomic mass is 10.6. The number of hydrogen-bond donors (Lipinski definition) is 1. The summed E-state index contributed by atoms with van der Waals surface area (Å²) in [5.41, 5.74) is 1.98. The minimum atomic E-state index is 0.259. The first-order chi connectivity index (χ1) is 4.93. The minimum absolute atomic E-state index is 0.259. The van der Waals surface area contributed by atoms with Crippen LogP contribution in [0.5, 0.6) is 5.88 Å². The first-order valence-corrected chi connectivity index (χ1v) is 2.57. The van der Waals surface area contributed by atoms with E-state index in [0.29, 0.717) is 6.41 Å². The molecule has 1 heterocycles. The second kappa shape index (κ2) is 3.39. The summed E-state index contributed by atoms with van der Waals surface area (Å²) in [6, 6.07) is 3.22. The molecule has 0 unspecified atom stereocenters. The van der Waals surface area contributed by atoms with Crippen LogP contribution in [0, 0.1) is 0 Å². The van der Waals surface area contributed by atoms with Crippen molar-refractivity contribution in [3.05, 3.63) is 18.3 Å². The lowest BCUT2D eigenvalue weighted by molar-refractivity contribution is -0.115. The normalized spacial score (nSPS) is 8.40. The van der Waals surface area contributed by atoms with Gasteiger partial charge in [-0.2, -0.15) is 10.6 Å². The Morgan fingerprint density at radius 2 is 2.60 bits per heavy atom. The van der Waals surface area contributed by atoms with Gasteiger partial charge in [-0.05, 0) is 6.07 Å². The van der Waals surface area contributed by atoms with E-state index in [2.05, 4.69) is 15.0 Å². The average Bonchev–Trinajstić information content (AvgIpc) is 2.03. The van der Waals surface area contributed by atoms with Gasteiger partial charge >= 0.3 is 0 Å². The number of carbonyl (C=O) groups is 1. The van der Waals surface area contributed by atoms with Crippen molar-refractivity contribution < 1.29 is 9.63 Å². The van der Waals surface area contributed by atoms with E-state index in [-0.39, 0.29) is 5.88 Å².